The van der Waals surface area contributed by atoms with Crippen molar-refractivity contribution in [3.63, 3.8) is 0 Å². The summed E-state index contributed by atoms with van der Waals surface area (Å²) in [5, 5.41) is 0.997. The lowest BCUT2D eigenvalue weighted by atomic mass is 9.89. The van der Waals surface area contributed by atoms with E-state index in [1.54, 1.807) is 24.8 Å². The molecular weight excluding hydrogens is 458 g/mol. The lowest BCUT2D eigenvalue weighted by Crippen LogP contribution is -2.14. The van der Waals surface area contributed by atoms with Crippen LogP contribution in [0.4, 0.5) is 0 Å². The number of thiophene rings is 1. The Morgan fingerprint density at radius 1 is 1.20 bits per heavy atom. The maximum Gasteiger partial charge on any atom is 0.226 e. The largest absolute Gasteiger partial charge is 0.497 e. The van der Waals surface area contributed by atoms with E-state index in [1.807, 2.05) is 32.0 Å². The van der Waals surface area contributed by atoms with Gasteiger partial charge >= 0.3 is 0 Å². The smallest absolute Gasteiger partial charge is 0.226 e. The Morgan fingerprint density at radius 2 is 2.00 bits per heavy atom. The summed E-state index contributed by atoms with van der Waals surface area (Å²) in [5.41, 5.74) is 5.30. The highest BCUT2D eigenvalue weighted by molar-refractivity contribution is 7.18. The van der Waals surface area contributed by atoms with Crippen LogP contribution < -0.4 is 9.47 Å². The number of methoxy groups -OCH3 is 1. The molecule has 1 aliphatic rings. The molecule has 1 aliphatic carbocycles. The van der Waals surface area contributed by atoms with Crippen molar-refractivity contribution in [2.24, 2.45) is 5.92 Å². The summed E-state index contributed by atoms with van der Waals surface area (Å²) in [5.74, 6) is 2.05. The summed E-state index contributed by atoms with van der Waals surface area (Å²) in [7, 11) is 1.67. The maximum atomic E-state index is 13.2. The predicted molar refractivity (Wildman–Crippen MR) is 139 cm³/mol. The van der Waals surface area contributed by atoms with Crippen LogP contribution >= 0.6 is 11.3 Å². The van der Waals surface area contributed by atoms with Crippen LogP contribution in [0.25, 0.3) is 10.2 Å². The third kappa shape index (κ3) is 4.69. The SMILES string of the molecule is COc1ccc(CCn2c(C)cc(C(=O)COc3ncnc4sc5c(c34)CC[C@@H](C)C5)c2C)cc1. The average molecular weight is 490 g/mol. The predicted octanol–water partition coefficient (Wildman–Crippen LogP) is 5.75. The van der Waals surface area contributed by atoms with Gasteiger partial charge in [-0.1, -0.05) is 19.1 Å². The maximum absolute atomic E-state index is 13.2. The zero-order valence-corrected chi connectivity index (χ0v) is 21.6. The van der Waals surface area contributed by atoms with Crippen molar-refractivity contribution in [3.05, 3.63) is 69.6 Å². The molecule has 0 bridgehead atoms. The molecule has 35 heavy (non-hydrogen) atoms. The summed E-state index contributed by atoms with van der Waals surface area (Å²) in [6, 6.07) is 10.1. The molecule has 0 aliphatic heterocycles. The molecule has 7 heteroatoms. The van der Waals surface area contributed by atoms with Gasteiger partial charge in [0, 0.05) is 28.4 Å². The summed E-state index contributed by atoms with van der Waals surface area (Å²) in [6.07, 6.45) is 5.68. The second-order valence-corrected chi connectivity index (χ2v) is 10.5. The summed E-state index contributed by atoms with van der Waals surface area (Å²) >= 11 is 1.74. The Kier molecular flexibility index (Phi) is 6.60. The molecule has 4 aromatic rings. The lowest BCUT2D eigenvalue weighted by Gasteiger charge is -2.18. The fourth-order valence-corrected chi connectivity index (χ4v) is 6.37. The van der Waals surface area contributed by atoms with Crippen molar-refractivity contribution in [1.82, 2.24) is 14.5 Å². The Balaban J connectivity index is 1.30. The number of carbonyl (C=O) groups excluding carboxylic acids is 1. The summed E-state index contributed by atoms with van der Waals surface area (Å²) < 4.78 is 13.5. The Labute approximate surface area is 209 Å². The van der Waals surface area contributed by atoms with Crippen LogP contribution in [-0.4, -0.2) is 34.0 Å². The average Bonchev–Trinajstić information content (AvgIpc) is 3.37. The van der Waals surface area contributed by atoms with Crippen molar-refractivity contribution in [3.8, 4) is 11.6 Å². The Bertz CT molecular complexity index is 1370. The number of benzene rings is 1. The van der Waals surface area contributed by atoms with E-state index in [9.17, 15) is 4.79 Å². The van der Waals surface area contributed by atoms with Gasteiger partial charge in [-0.3, -0.25) is 4.79 Å². The zero-order chi connectivity index (χ0) is 24.5. The van der Waals surface area contributed by atoms with E-state index in [0.29, 0.717) is 17.4 Å². The minimum absolute atomic E-state index is 0.0294. The first-order chi connectivity index (χ1) is 16.9. The van der Waals surface area contributed by atoms with Gasteiger partial charge in [0.1, 0.15) is 16.9 Å². The van der Waals surface area contributed by atoms with Crippen LogP contribution in [0.5, 0.6) is 11.6 Å². The molecule has 0 saturated heterocycles. The second-order valence-electron chi connectivity index (χ2n) is 9.46. The quantitative estimate of drug-likeness (QED) is 0.295. The van der Waals surface area contributed by atoms with Crippen LogP contribution in [0.1, 0.15) is 51.1 Å². The summed E-state index contributed by atoms with van der Waals surface area (Å²) in [4.78, 5) is 24.4. The number of rotatable bonds is 8. The molecule has 0 spiro atoms. The number of carbonyl (C=O) groups is 1. The van der Waals surface area contributed by atoms with E-state index in [-0.39, 0.29) is 12.4 Å². The zero-order valence-electron chi connectivity index (χ0n) is 20.8. The number of fused-ring (bicyclic) bond motifs is 3. The molecule has 1 aromatic carbocycles. The second kappa shape index (κ2) is 9.82. The van der Waals surface area contributed by atoms with Gasteiger partial charge in [-0.15, -0.1) is 11.3 Å². The van der Waals surface area contributed by atoms with E-state index in [2.05, 4.69) is 33.6 Å². The summed E-state index contributed by atoms with van der Waals surface area (Å²) in [6.45, 7) is 7.13. The first kappa shape index (κ1) is 23.5. The molecular formula is C28H31N3O3S. The van der Waals surface area contributed by atoms with Crippen LogP contribution in [0.3, 0.4) is 0 Å². The monoisotopic (exact) mass is 489 g/mol. The van der Waals surface area contributed by atoms with Crippen molar-refractivity contribution in [1.29, 1.82) is 0 Å². The van der Waals surface area contributed by atoms with E-state index >= 15 is 0 Å². The third-order valence-electron chi connectivity index (χ3n) is 7.05. The van der Waals surface area contributed by atoms with E-state index in [4.69, 9.17) is 9.47 Å². The lowest BCUT2D eigenvalue weighted by molar-refractivity contribution is 0.0918. The molecule has 5 rings (SSSR count). The number of ketones is 1. The fourth-order valence-electron chi connectivity index (χ4n) is 5.03. The van der Waals surface area contributed by atoms with E-state index in [0.717, 1.165) is 59.6 Å². The first-order valence-electron chi connectivity index (χ1n) is 12.2. The molecule has 182 valence electrons. The number of Topliss-reactive ketones (excluding diaryl/α,β-unsaturated/α-hetero) is 1. The number of aromatic nitrogens is 3. The van der Waals surface area contributed by atoms with Gasteiger partial charge in [0.05, 0.1) is 12.5 Å². The normalized spacial score (nSPS) is 15.3. The van der Waals surface area contributed by atoms with Crippen LogP contribution in [0, 0.1) is 19.8 Å². The Morgan fingerprint density at radius 3 is 2.77 bits per heavy atom. The minimum atomic E-state index is -0.0318. The Hall–Kier alpha value is -3.19. The number of nitrogens with zero attached hydrogens (tertiary/aromatic N) is 3. The number of hydrogen-bond donors (Lipinski definition) is 0. The van der Waals surface area contributed by atoms with Crippen LogP contribution in [-0.2, 0) is 25.8 Å². The fraction of sp³-hybridized carbons (Fsp3) is 0.393. The van der Waals surface area contributed by atoms with Gasteiger partial charge in [0.25, 0.3) is 0 Å². The van der Waals surface area contributed by atoms with E-state index < -0.39 is 0 Å². The molecule has 0 unspecified atom stereocenters. The van der Waals surface area contributed by atoms with Crippen molar-refractivity contribution in [2.45, 2.75) is 53.0 Å². The highest BCUT2D eigenvalue weighted by Gasteiger charge is 2.24. The van der Waals surface area contributed by atoms with Gasteiger partial charge in [0.15, 0.2) is 6.61 Å². The van der Waals surface area contributed by atoms with Crippen molar-refractivity contribution < 1.29 is 14.3 Å². The third-order valence-corrected chi connectivity index (χ3v) is 8.22. The molecule has 0 radical (unpaired) electrons. The van der Waals surface area contributed by atoms with Gasteiger partial charge in [-0.2, -0.15) is 0 Å². The minimum Gasteiger partial charge on any atom is -0.497 e. The highest BCUT2D eigenvalue weighted by atomic mass is 32.1. The number of hydrogen-bond acceptors (Lipinski definition) is 6. The molecule has 0 fully saturated rings. The van der Waals surface area contributed by atoms with E-state index in [1.165, 1.54) is 16.0 Å². The van der Waals surface area contributed by atoms with Crippen LogP contribution in [0.15, 0.2) is 36.7 Å². The molecule has 3 aromatic heterocycles. The standard InChI is InChI=1S/C28H31N3O3S/c1-17-5-10-22-25(13-17)35-28-26(22)27(29-16-30-28)34-15-24(32)23-14-18(2)31(19(23)3)12-11-20-6-8-21(33-4)9-7-20/h6-9,14,16-17H,5,10-13,15H2,1-4H3/t17-/m1/s1. The van der Waals surface area contributed by atoms with Gasteiger partial charge in [0.2, 0.25) is 11.7 Å². The van der Waals surface area contributed by atoms with Gasteiger partial charge in [-0.05, 0) is 74.8 Å². The molecule has 3 heterocycles. The number of aryl methyl sites for hydroxylation is 3. The van der Waals surface area contributed by atoms with Crippen LogP contribution in [0.2, 0.25) is 0 Å². The van der Waals surface area contributed by atoms with Gasteiger partial charge < -0.3 is 14.0 Å². The molecule has 0 amide bonds. The highest BCUT2D eigenvalue weighted by Crippen LogP contribution is 2.40. The topological polar surface area (TPSA) is 66.2 Å². The van der Waals surface area contributed by atoms with Crippen molar-refractivity contribution >= 4 is 27.3 Å². The molecule has 1 atom stereocenters. The molecule has 6 nitrogen and oxygen atoms in total. The molecule has 0 N–H and O–H groups in total. The van der Waals surface area contributed by atoms with Gasteiger partial charge in [-0.25, -0.2) is 9.97 Å². The van der Waals surface area contributed by atoms with Crippen molar-refractivity contribution in [2.75, 3.05) is 13.7 Å². The number of ether oxygens (including phenoxy) is 2. The molecule has 0 saturated carbocycles. The first-order valence-corrected chi connectivity index (χ1v) is 13.0.